The van der Waals surface area contributed by atoms with Crippen LogP contribution in [0.25, 0.3) is 111 Å². The average Bonchev–Trinajstić information content (AvgIpc) is 3.97. The second-order valence-electron chi connectivity index (χ2n) is 16.2. The molecular weight excluding hydrogens is 777 g/mol. The van der Waals surface area contributed by atoms with Crippen molar-refractivity contribution in [2.45, 2.75) is 0 Å². The van der Waals surface area contributed by atoms with Gasteiger partial charge in [-0.1, -0.05) is 206 Å². The van der Waals surface area contributed by atoms with Crippen LogP contribution in [0.5, 0.6) is 0 Å². The molecule has 0 N–H and O–H groups in total. The smallest absolute Gasteiger partial charge is 0.182 e. The number of benzene rings is 10. The van der Waals surface area contributed by atoms with Crippen molar-refractivity contribution in [2.75, 3.05) is 0 Å². The first-order valence-electron chi connectivity index (χ1n) is 21.7. The summed E-state index contributed by atoms with van der Waals surface area (Å²) in [5, 5.41) is 10.1. The fourth-order valence-corrected chi connectivity index (χ4v) is 9.38. The molecule has 2 heterocycles. The Kier molecular flexibility index (Phi) is 9.12. The SMILES string of the molecule is c1ccc(-c2nc(-c3ccc(-c4cccc5ccccc45)cc3)n(-c3ccc(-c4ccccc4-c4ccccc4-c4ccc(-n5c6ccccc6c6ccccc65)cc4)cc3)n2)cc1. The molecule has 64 heavy (non-hydrogen) atoms. The van der Waals surface area contributed by atoms with E-state index in [1.165, 1.54) is 60.4 Å². The normalized spacial score (nSPS) is 11.4. The Bertz CT molecular complexity index is 3580. The molecule has 0 atom stereocenters. The van der Waals surface area contributed by atoms with Crippen LogP contribution in [-0.2, 0) is 0 Å². The van der Waals surface area contributed by atoms with E-state index in [0.717, 1.165) is 45.0 Å². The van der Waals surface area contributed by atoms with Crippen molar-refractivity contribution < 1.29 is 0 Å². The minimum atomic E-state index is 0.683. The van der Waals surface area contributed by atoms with Crippen LogP contribution in [-0.4, -0.2) is 19.3 Å². The van der Waals surface area contributed by atoms with Gasteiger partial charge in [-0.15, -0.1) is 5.10 Å². The summed E-state index contributed by atoms with van der Waals surface area (Å²) in [6, 6.07) is 86.4. The Morgan fingerprint density at radius 2 is 0.719 bits per heavy atom. The van der Waals surface area contributed by atoms with E-state index in [9.17, 15) is 0 Å². The highest BCUT2D eigenvalue weighted by molar-refractivity contribution is 6.09. The third-order valence-corrected chi connectivity index (χ3v) is 12.5. The van der Waals surface area contributed by atoms with E-state index < -0.39 is 0 Å². The average molecular weight is 817 g/mol. The van der Waals surface area contributed by atoms with E-state index in [1.807, 2.05) is 22.9 Å². The van der Waals surface area contributed by atoms with Crippen LogP contribution in [0.4, 0.5) is 0 Å². The van der Waals surface area contributed by atoms with Crippen molar-refractivity contribution in [3.63, 3.8) is 0 Å². The standard InChI is InChI=1S/C60H40N4/c1-2-16-45(17-3-1)59-61-60(46-31-29-42(30-32-46)50-26-14-18-41-15-4-5-19-49(41)50)64(62-59)48-39-35-44(36-40-48)52-21-7-9-23-54(52)53-22-8-6-20-51(53)43-33-37-47(38-34-43)63-57-27-12-10-24-55(57)56-25-11-13-28-58(56)63/h1-40H. The molecule has 12 rings (SSSR count). The van der Waals surface area contributed by atoms with E-state index in [2.05, 4.69) is 229 Å². The molecule has 2 aromatic heterocycles. The lowest BCUT2D eigenvalue weighted by atomic mass is 9.89. The van der Waals surface area contributed by atoms with Gasteiger partial charge in [-0.05, 0) is 91.7 Å². The molecule has 0 bridgehead atoms. The van der Waals surface area contributed by atoms with Crippen molar-refractivity contribution in [1.29, 1.82) is 0 Å². The van der Waals surface area contributed by atoms with E-state index >= 15 is 0 Å². The van der Waals surface area contributed by atoms with E-state index in [-0.39, 0.29) is 0 Å². The minimum Gasteiger partial charge on any atom is -0.309 e. The van der Waals surface area contributed by atoms with Crippen molar-refractivity contribution >= 4 is 32.6 Å². The van der Waals surface area contributed by atoms with E-state index in [4.69, 9.17) is 10.1 Å². The molecule has 4 heteroatoms. The second-order valence-corrected chi connectivity index (χ2v) is 16.2. The van der Waals surface area contributed by atoms with Crippen LogP contribution in [0.2, 0.25) is 0 Å². The summed E-state index contributed by atoms with van der Waals surface area (Å²) in [5.74, 6) is 1.47. The molecule has 0 aliphatic rings. The van der Waals surface area contributed by atoms with Gasteiger partial charge in [0.15, 0.2) is 11.6 Å². The highest BCUT2D eigenvalue weighted by Crippen LogP contribution is 2.40. The summed E-state index contributed by atoms with van der Waals surface area (Å²) < 4.78 is 4.34. The molecule has 0 radical (unpaired) electrons. The fourth-order valence-electron chi connectivity index (χ4n) is 9.38. The molecule has 0 aliphatic heterocycles. The second kappa shape index (κ2) is 15.7. The van der Waals surface area contributed by atoms with Crippen LogP contribution in [0.1, 0.15) is 0 Å². The molecule has 0 spiro atoms. The molecule has 4 nitrogen and oxygen atoms in total. The summed E-state index contributed by atoms with van der Waals surface area (Å²) in [6.45, 7) is 0. The predicted molar refractivity (Wildman–Crippen MR) is 266 cm³/mol. The molecule has 10 aromatic carbocycles. The van der Waals surface area contributed by atoms with Gasteiger partial charge >= 0.3 is 0 Å². The van der Waals surface area contributed by atoms with Gasteiger partial charge in [0.05, 0.1) is 16.7 Å². The summed E-state index contributed by atoms with van der Waals surface area (Å²) in [7, 11) is 0. The zero-order valence-corrected chi connectivity index (χ0v) is 34.9. The lowest BCUT2D eigenvalue weighted by Crippen LogP contribution is -2.00. The van der Waals surface area contributed by atoms with Crippen LogP contribution in [0, 0.1) is 0 Å². The summed E-state index contributed by atoms with van der Waals surface area (Å²) in [4.78, 5) is 5.15. The molecule has 0 saturated heterocycles. The van der Waals surface area contributed by atoms with Gasteiger partial charge in [-0.25, -0.2) is 9.67 Å². The van der Waals surface area contributed by atoms with Crippen molar-refractivity contribution in [1.82, 2.24) is 19.3 Å². The van der Waals surface area contributed by atoms with Crippen molar-refractivity contribution in [2.24, 2.45) is 0 Å². The van der Waals surface area contributed by atoms with E-state index in [0.29, 0.717) is 5.82 Å². The number of nitrogens with zero attached hydrogens (tertiary/aromatic N) is 4. The Morgan fingerprint density at radius 1 is 0.281 bits per heavy atom. The summed E-state index contributed by atoms with van der Waals surface area (Å²) >= 11 is 0. The Labute approximate surface area is 371 Å². The molecule has 0 amide bonds. The molecule has 0 aliphatic carbocycles. The first-order valence-corrected chi connectivity index (χ1v) is 21.7. The van der Waals surface area contributed by atoms with Gasteiger partial charge in [0.1, 0.15) is 0 Å². The van der Waals surface area contributed by atoms with Crippen molar-refractivity contribution in [3.8, 4) is 78.7 Å². The summed E-state index contributed by atoms with van der Waals surface area (Å²) in [6.07, 6.45) is 0. The number of hydrogen-bond acceptors (Lipinski definition) is 2. The fraction of sp³-hybridized carbons (Fsp3) is 0. The van der Waals surface area contributed by atoms with Gasteiger partial charge < -0.3 is 4.57 Å². The summed E-state index contributed by atoms with van der Waals surface area (Å²) in [5.41, 5.74) is 15.8. The molecule has 300 valence electrons. The van der Waals surface area contributed by atoms with Crippen LogP contribution >= 0.6 is 0 Å². The Morgan fingerprint density at radius 3 is 1.34 bits per heavy atom. The monoisotopic (exact) mass is 816 g/mol. The first-order chi connectivity index (χ1) is 31.7. The van der Waals surface area contributed by atoms with Gasteiger partial charge in [-0.3, -0.25) is 0 Å². The zero-order chi connectivity index (χ0) is 42.4. The number of para-hydroxylation sites is 2. The zero-order valence-electron chi connectivity index (χ0n) is 34.9. The maximum absolute atomic E-state index is 5.15. The molecule has 0 fully saturated rings. The van der Waals surface area contributed by atoms with Gasteiger partial charge in [0.25, 0.3) is 0 Å². The third-order valence-electron chi connectivity index (χ3n) is 12.5. The molecule has 12 aromatic rings. The highest BCUT2D eigenvalue weighted by Gasteiger charge is 2.18. The number of hydrogen-bond donors (Lipinski definition) is 0. The molecular formula is C60H40N4. The molecule has 0 saturated carbocycles. The highest BCUT2D eigenvalue weighted by atomic mass is 15.4. The largest absolute Gasteiger partial charge is 0.309 e. The van der Waals surface area contributed by atoms with Gasteiger partial charge in [0.2, 0.25) is 0 Å². The number of aromatic nitrogens is 4. The number of fused-ring (bicyclic) bond motifs is 4. The Hall–Kier alpha value is -8.60. The van der Waals surface area contributed by atoms with Gasteiger partial charge in [-0.2, -0.15) is 0 Å². The van der Waals surface area contributed by atoms with Crippen LogP contribution < -0.4 is 0 Å². The topological polar surface area (TPSA) is 35.6 Å². The van der Waals surface area contributed by atoms with Crippen LogP contribution in [0.3, 0.4) is 0 Å². The van der Waals surface area contributed by atoms with Crippen LogP contribution in [0.15, 0.2) is 243 Å². The van der Waals surface area contributed by atoms with E-state index in [1.54, 1.807) is 0 Å². The lowest BCUT2D eigenvalue weighted by Gasteiger charge is -2.16. The quantitative estimate of drug-likeness (QED) is 0.153. The molecule has 0 unspecified atom stereocenters. The predicted octanol–water partition coefficient (Wildman–Crippen LogP) is 15.5. The third kappa shape index (κ3) is 6.48. The Balaban J connectivity index is 0.891. The maximum Gasteiger partial charge on any atom is 0.182 e. The number of rotatable bonds is 8. The van der Waals surface area contributed by atoms with Gasteiger partial charge in [0, 0.05) is 27.6 Å². The minimum absolute atomic E-state index is 0.683. The lowest BCUT2D eigenvalue weighted by molar-refractivity contribution is 0.891. The maximum atomic E-state index is 5.15. The van der Waals surface area contributed by atoms with Crippen molar-refractivity contribution in [3.05, 3.63) is 243 Å². The first kappa shape index (κ1) is 37.2.